The molecule has 1 fully saturated rings. The van der Waals surface area contributed by atoms with Crippen LogP contribution in [0.15, 0.2) is 4.99 Å². The third-order valence-corrected chi connectivity index (χ3v) is 3.21. The summed E-state index contributed by atoms with van der Waals surface area (Å²) in [6.07, 6.45) is 4.23. The number of alkyl carbamates (subject to hydrolysis) is 1. The zero-order chi connectivity index (χ0) is 16.0. The minimum Gasteiger partial charge on any atom is -0.444 e. The molecule has 0 aromatic carbocycles. The van der Waals surface area contributed by atoms with Crippen LogP contribution in [-0.2, 0) is 9.53 Å². The van der Waals surface area contributed by atoms with Crippen molar-refractivity contribution in [3.05, 3.63) is 0 Å². The molecule has 0 aromatic heterocycles. The Hall–Kier alpha value is -1.59. The molecule has 0 aliphatic heterocycles. The van der Waals surface area contributed by atoms with Crippen LogP contribution in [0, 0.1) is 5.92 Å². The third-order valence-electron chi connectivity index (χ3n) is 3.21. The van der Waals surface area contributed by atoms with Crippen molar-refractivity contribution in [1.29, 1.82) is 0 Å². The van der Waals surface area contributed by atoms with E-state index in [1.54, 1.807) is 4.90 Å². The summed E-state index contributed by atoms with van der Waals surface area (Å²) in [5.74, 6) is -0.0997. The number of amides is 2. The second-order valence-electron chi connectivity index (χ2n) is 6.74. The van der Waals surface area contributed by atoms with Crippen molar-refractivity contribution in [2.45, 2.75) is 58.1 Å². The molecular formula is C15H27N3O3. The molecule has 0 atom stereocenters. The van der Waals surface area contributed by atoms with Crippen LogP contribution in [-0.4, -0.2) is 49.0 Å². The summed E-state index contributed by atoms with van der Waals surface area (Å²) >= 11 is 0. The molecule has 2 amide bonds. The normalized spacial score (nSPS) is 22.9. The van der Waals surface area contributed by atoms with Gasteiger partial charge in [-0.15, -0.1) is 0 Å². The SMILES string of the molecule is CN(C)/C=N\C(=O)C1CCC(NC(=O)OC(C)(C)C)CC1. The van der Waals surface area contributed by atoms with Crippen molar-refractivity contribution in [1.82, 2.24) is 10.2 Å². The topological polar surface area (TPSA) is 71.0 Å². The maximum atomic E-state index is 11.9. The second-order valence-corrected chi connectivity index (χ2v) is 6.74. The number of nitrogens with one attached hydrogen (secondary N) is 1. The molecule has 0 unspecified atom stereocenters. The van der Waals surface area contributed by atoms with Crippen LogP contribution in [0.5, 0.6) is 0 Å². The molecule has 0 aromatic rings. The first-order valence-corrected chi connectivity index (χ1v) is 7.41. The van der Waals surface area contributed by atoms with Gasteiger partial charge in [0.05, 0.1) is 6.34 Å². The molecule has 0 spiro atoms. The van der Waals surface area contributed by atoms with E-state index < -0.39 is 5.60 Å². The van der Waals surface area contributed by atoms with Crippen LogP contribution < -0.4 is 5.32 Å². The van der Waals surface area contributed by atoms with Gasteiger partial charge in [-0.3, -0.25) is 4.79 Å². The van der Waals surface area contributed by atoms with Crippen molar-refractivity contribution < 1.29 is 14.3 Å². The molecule has 6 nitrogen and oxygen atoms in total. The van der Waals surface area contributed by atoms with Gasteiger partial charge in [-0.25, -0.2) is 9.79 Å². The number of hydrogen-bond donors (Lipinski definition) is 1. The molecule has 1 aliphatic rings. The Balaban J connectivity index is 2.35. The maximum absolute atomic E-state index is 11.9. The molecule has 1 rings (SSSR count). The van der Waals surface area contributed by atoms with E-state index in [1.807, 2.05) is 34.9 Å². The summed E-state index contributed by atoms with van der Waals surface area (Å²) in [7, 11) is 3.66. The Labute approximate surface area is 126 Å². The highest BCUT2D eigenvalue weighted by molar-refractivity contribution is 5.86. The van der Waals surface area contributed by atoms with Crippen LogP contribution >= 0.6 is 0 Å². The van der Waals surface area contributed by atoms with Gasteiger partial charge in [-0.2, -0.15) is 0 Å². The lowest BCUT2D eigenvalue weighted by Gasteiger charge is -2.28. The van der Waals surface area contributed by atoms with Gasteiger partial charge in [0.2, 0.25) is 5.91 Å². The monoisotopic (exact) mass is 297 g/mol. The number of carbonyl (C=O) groups is 2. The van der Waals surface area contributed by atoms with E-state index >= 15 is 0 Å². The summed E-state index contributed by atoms with van der Waals surface area (Å²) in [5, 5.41) is 2.87. The summed E-state index contributed by atoms with van der Waals surface area (Å²) in [6.45, 7) is 5.51. The lowest BCUT2D eigenvalue weighted by atomic mass is 9.85. The average molecular weight is 297 g/mol. The second kappa shape index (κ2) is 7.43. The van der Waals surface area contributed by atoms with E-state index in [0.29, 0.717) is 0 Å². The van der Waals surface area contributed by atoms with Crippen molar-refractivity contribution >= 4 is 18.3 Å². The molecular weight excluding hydrogens is 270 g/mol. The van der Waals surface area contributed by atoms with E-state index in [4.69, 9.17) is 4.74 Å². The predicted molar refractivity (Wildman–Crippen MR) is 82.3 cm³/mol. The van der Waals surface area contributed by atoms with Crippen LogP contribution in [0.3, 0.4) is 0 Å². The van der Waals surface area contributed by atoms with Crippen LogP contribution in [0.25, 0.3) is 0 Å². The Morgan fingerprint density at radius 2 is 1.76 bits per heavy atom. The summed E-state index contributed by atoms with van der Waals surface area (Å²) < 4.78 is 5.23. The van der Waals surface area contributed by atoms with E-state index in [9.17, 15) is 9.59 Å². The highest BCUT2D eigenvalue weighted by Crippen LogP contribution is 2.25. The number of nitrogens with zero attached hydrogens (tertiary/aromatic N) is 2. The van der Waals surface area contributed by atoms with Crippen molar-refractivity contribution in [3.63, 3.8) is 0 Å². The Morgan fingerprint density at radius 3 is 2.24 bits per heavy atom. The van der Waals surface area contributed by atoms with Crippen molar-refractivity contribution in [2.24, 2.45) is 10.9 Å². The highest BCUT2D eigenvalue weighted by atomic mass is 16.6. The van der Waals surface area contributed by atoms with Gasteiger partial charge in [0.25, 0.3) is 0 Å². The summed E-state index contributed by atoms with van der Waals surface area (Å²) in [5.41, 5.74) is -0.488. The molecule has 0 bridgehead atoms. The van der Waals surface area contributed by atoms with Gasteiger partial charge < -0.3 is 15.0 Å². The minimum atomic E-state index is -0.488. The smallest absolute Gasteiger partial charge is 0.407 e. The van der Waals surface area contributed by atoms with Gasteiger partial charge >= 0.3 is 6.09 Å². The van der Waals surface area contributed by atoms with Crippen LogP contribution in [0.2, 0.25) is 0 Å². The van der Waals surface area contributed by atoms with Gasteiger partial charge in [0, 0.05) is 26.1 Å². The molecule has 1 saturated carbocycles. The zero-order valence-corrected chi connectivity index (χ0v) is 13.7. The Bertz CT molecular complexity index is 391. The Kier molecular flexibility index (Phi) is 6.18. The molecule has 1 aliphatic carbocycles. The number of aliphatic imine (C=N–C) groups is 1. The summed E-state index contributed by atoms with van der Waals surface area (Å²) in [4.78, 5) is 29.2. The molecule has 21 heavy (non-hydrogen) atoms. The number of carbonyl (C=O) groups excluding carboxylic acids is 2. The minimum absolute atomic E-state index is 0.0297. The standard InChI is InChI=1S/C15H27N3O3/c1-15(2,3)21-14(20)17-12-8-6-11(7-9-12)13(19)16-10-18(4)5/h10-12H,6-9H2,1-5H3,(H,17,20)/b16-10-. The quantitative estimate of drug-likeness (QED) is 0.640. The number of hydrogen-bond acceptors (Lipinski definition) is 3. The molecule has 120 valence electrons. The lowest BCUT2D eigenvalue weighted by Crippen LogP contribution is -2.41. The predicted octanol–water partition coefficient (Wildman–Crippen LogP) is 2.19. The Morgan fingerprint density at radius 1 is 1.19 bits per heavy atom. The first kappa shape index (κ1) is 17.5. The molecule has 6 heteroatoms. The van der Waals surface area contributed by atoms with Gasteiger partial charge in [-0.05, 0) is 46.5 Å². The van der Waals surface area contributed by atoms with Crippen molar-refractivity contribution in [2.75, 3.05) is 14.1 Å². The molecule has 0 radical (unpaired) electrons. The number of rotatable bonds is 3. The lowest BCUT2D eigenvalue weighted by molar-refractivity contribution is -0.122. The molecule has 1 N–H and O–H groups in total. The first-order chi connectivity index (χ1) is 9.67. The fourth-order valence-corrected chi connectivity index (χ4v) is 2.24. The zero-order valence-electron chi connectivity index (χ0n) is 13.7. The third kappa shape index (κ3) is 7.11. The average Bonchev–Trinajstić information content (AvgIpc) is 2.34. The highest BCUT2D eigenvalue weighted by Gasteiger charge is 2.28. The molecule has 0 heterocycles. The van der Waals surface area contributed by atoms with E-state index in [0.717, 1.165) is 25.7 Å². The molecule has 0 saturated heterocycles. The van der Waals surface area contributed by atoms with Gasteiger partial charge in [0.15, 0.2) is 0 Å². The first-order valence-electron chi connectivity index (χ1n) is 7.41. The van der Waals surface area contributed by atoms with Crippen LogP contribution in [0.4, 0.5) is 4.79 Å². The van der Waals surface area contributed by atoms with E-state index in [-0.39, 0.29) is 24.0 Å². The largest absolute Gasteiger partial charge is 0.444 e. The maximum Gasteiger partial charge on any atom is 0.407 e. The fourth-order valence-electron chi connectivity index (χ4n) is 2.24. The summed E-state index contributed by atoms with van der Waals surface area (Å²) in [6, 6.07) is 0.0849. The van der Waals surface area contributed by atoms with Gasteiger partial charge in [-0.1, -0.05) is 0 Å². The van der Waals surface area contributed by atoms with Crippen molar-refractivity contribution in [3.8, 4) is 0 Å². The van der Waals surface area contributed by atoms with E-state index in [1.165, 1.54) is 6.34 Å². The van der Waals surface area contributed by atoms with Crippen LogP contribution in [0.1, 0.15) is 46.5 Å². The van der Waals surface area contributed by atoms with E-state index in [2.05, 4.69) is 10.3 Å². The fraction of sp³-hybridized carbons (Fsp3) is 0.800. The number of ether oxygens (including phenoxy) is 1. The van der Waals surface area contributed by atoms with Gasteiger partial charge in [0.1, 0.15) is 5.60 Å².